The molecule has 7 heteroatoms. The van der Waals surface area contributed by atoms with Crippen LogP contribution in [0.1, 0.15) is 45.7 Å². The van der Waals surface area contributed by atoms with Crippen molar-refractivity contribution in [2.75, 3.05) is 6.61 Å². The molecule has 3 aromatic rings. The van der Waals surface area contributed by atoms with Crippen molar-refractivity contribution in [2.45, 2.75) is 58.5 Å². The second kappa shape index (κ2) is 8.11. The first-order valence-electron chi connectivity index (χ1n) is 11.1. The van der Waals surface area contributed by atoms with Crippen LogP contribution in [0, 0.1) is 12.8 Å². The van der Waals surface area contributed by atoms with Crippen LogP contribution in [0.3, 0.4) is 0 Å². The highest BCUT2D eigenvalue weighted by atomic mass is 16.5. The monoisotopic (exact) mass is 437 g/mol. The first kappa shape index (κ1) is 22.1. The van der Waals surface area contributed by atoms with Gasteiger partial charge in [-0.1, -0.05) is 12.8 Å². The molecule has 170 valence electrons. The van der Waals surface area contributed by atoms with Gasteiger partial charge in [0.15, 0.2) is 0 Å². The smallest absolute Gasteiger partial charge is 0.408 e. The number of rotatable bonds is 6. The molecule has 1 aliphatic rings. The number of hydrogen-bond donors (Lipinski definition) is 1. The van der Waals surface area contributed by atoms with Crippen LogP contribution in [0.4, 0.5) is 4.79 Å². The van der Waals surface area contributed by atoms with Gasteiger partial charge in [-0.25, -0.2) is 4.79 Å². The maximum absolute atomic E-state index is 13.0. The summed E-state index contributed by atoms with van der Waals surface area (Å²) in [6, 6.07) is 7.35. The van der Waals surface area contributed by atoms with Gasteiger partial charge in [0.1, 0.15) is 12.4 Å². The molecule has 0 bridgehead atoms. The molecule has 1 N–H and O–H groups in total. The number of nitrogens with zero attached hydrogens (tertiary/aromatic N) is 3. The van der Waals surface area contributed by atoms with Crippen LogP contribution in [0.5, 0.6) is 5.75 Å². The number of fused-ring (bicyclic) bond motifs is 3. The second-order valence-corrected chi connectivity index (χ2v) is 9.83. The summed E-state index contributed by atoms with van der Waals surface area (Å²) in [5, 5.41) is 12.3. The van der Waals surface area contributed by atoms with E-state index in [2.05, 4.69) is 4.98 Å². The van der Waals surface area contributed by atoms with E-state index in [0.29, 0.717) is 22.7 Å². The molecule has 1 amide bonds. The summed E-state index contributed by atoms with van der Waals surface area (Å²) in [5.41, 5.74) is 0.874. The number of ether oxygens (including phenoxy) is 1. The molecule has 1 fully saturated rings. The minimum absolute atomic E-state index is 0.0911. The summed E-state index contributed by atoms with van der Waals surface area (Å²) < 4.78 is 7.75. The second-order valence-electron chi connectivity index (χ2n) is 9.83. The fourth-order valence-corrected chi connectivity index (χ4v) is 4.61. The molecule has 0 radical (unpaired) electrons. The van der Waals surface area contributed by atoms with Crippen LogP contribution in [-0.4, -0.2) is 43.8 Å². The van der Waals surface area contributed by atoms with Crippen molar-refractivity contribution in [1.82, 2.24) is 14.5 Å². The molecule has 1 saturated carbocycles. The van der Waals surface area contributed by atoms with Gasteiger partial charge in [-0.05, 0) is 63.6 Å². The van der Waals surface area contributed by atoms with Crippen LogP contribution in [0.25, 0.3) is 21.7 Å². The van der Waals surface area contributed by atoms with Gasteiger partial charge in [0.05, 0.1) is 22.6 Å². The van der Waals surface area contributed by atoms with E-state index in [1.165, 1.54) is 4.90 Å². The Morgan fingerprint density at radius 3 is 2.62 bits per heavy atom. The van der Waals surface area contributed by atoms with Crippen molar-refractivity contribution in [3.8, 4) is 5.75 Å². The largest absolute Gasteiger partial charge is 0.491 e. The molecule has 0 unspecified atom stereocenters. The number of benzene rings is 1. The SMILES string of the molecule is Cc1nccc2c1c(=O)n(C)c1cc(OC[C@H](CC3CC3)N(C(=O)O)C(C)(C)C)ccc21. The fraction of sp³-hybridized carbons (Fsp3) is 0.480. The number of aromatic nitrogens is 2. The third kappa shape index (κ3) is 4.16. The quantitative estimate of drug-likeness (QED) is 0.564. The standard InChI is InChI=1S/C25H31N3O4/c1-15-22-20(10-11-26-15)19-9-8-18(13-21(19)27(5)23(22)29)32-14-17(12-16-6-7-16)28(24(30)31)25(2,3)4/h8-11,13,16-17H,6-7,12,14H2,1-5H3,(H,30,31)/t17-/m0/s1. The van der Waals surface area contributed by atoms with Gasteiger partial charge >= 0.3 is 6.09 Å². The van der Waals surface area contributed by atoms with E-state index < -0.39 is 11.6 Å². The predicted molar refractivity (Wildman–Crippen MR) is 125 cm³/mol. The Kier molecular flexibility index (Phi) is 5.61. The van der Waals surface area contributed by atoms with Gasteiger partial charge in [0.25, 0.3) is 5.56 Å². The number of aryl methyl sites for hydroxylation is 2. The summed E-state index contributed by atoms with van der Waals surface area (Å²) in [4.78, 5) is 30.8. The van der Waals surface area contributed by atoms with Crippen molar-refractivity contribution in [1.29, 1.82) is 0 Å². The predicted octanol–water partition coefficient (Wildman–Crippen LogP) is 4.72. The highest BCUT2D eigenvalue weighted by Gasteiger charge is 2.37. The van der Waals surface area contributed by atoms with Gasteiger partial charge in [-0.3, -0.25) is 14.7 Å². The van der Waals surface area contributed by atoms with Crippen LogP contribution in [-0.2, 0) is 7.05 Å². The Balaban J connectivity index is 1.67. The number of carbonyl (C=O) groups is 1. The molecule has 7 nitrogen and oxygen atoms in total. The topological polar surface area (TPSA) is 84.7 Å². The minimum atomic E-state index is -0.928. The number of hydrogen-bond acceptors (Lipinski definition) is 4. The Morgan fingerprint density at radius 2 is 2.00 bits per heavy atom. The first-order chi connectivity index (χ1) is 15.1. The minimum Gasteiger partial charge on any atom is -0.491 e. The van der Waals surface area contributed by atoms with E-state index in [-0.39, 0.29) is 18.2 Å². The van der Waals surface area contributed by atoms with Crippen molar-refractivity contribution in [3.05, 3.63) is 46.5 Å². The lowest BCUT2D eigenvalue weighted by Gasteiger charge is -2.39. The van der Waals surface area contributed by atoms with Crippen molar-refractivity contribution in [3.63, 3.8) is 0 Å². The van der Waals surface area contributed by atoms with E-state index in [4.69, 9.17) is 4.74 Å². The van der Waals surface area contributed by atoms with E-state index in [1.807, 2.05) is 52.0 Å². The highest BCUT2D eigenvalue weighted by Crippen LogP contribution is 2.36. The van der Waals surface area contributed by atoms with Crippen LogP contribution < -0.4 is 10.3 Å². The maximum atomic E-state index is 13.0. The third-order valence-electron chi connectivity index (χ3n) is 6.32. The van der Waals surface area contributed by atoms with Crippen LogP contribution >= 0.6 is 0 Å². The van der Waals surface area contributed by atoms with Crippen molar-refractivity contribution < 1.29 is 14.6 Å². The fourth-order valence-electron chi connectivity index (χ4n) is 4.61. The summed E-state index contributed by atoms with van der Waals surface area (Å²) in [6.07, 6.45) is 3.88. The molecule has 0 saturated heterocycles. The van der Waals surface area contributed by atoms with Crippen molar-refractivity contribution in [2.24, 2.45) is 13.0 Å². The lowest BCUT2D eigenvalue weighted by atomic mass is 10.0. The Labute approximate surface area is 187 Å². The zero-order valence-electron chi connectivity index (χ0n) is 19.4. The van der Waals surface area contributed by atoms with Crippen LogP contribution in [0.15, 0.2) is 35.3 Å². The lowest BCUT2D eigenvalue weighted by Crippen LogP contribution is -2.53. The van der Waals surface area contributed by atoms with Crippen LogP contribution in [0.2, 0.25) is 0 Å². The molecule has 1 aliphatic carbocycles. The maximum Gasteiger partial charge on any atom is 0.408 e. The van der Waals surface area contributed by atoms with Gasteiger partial charge in [-0.2, -0.15) is 0 Å². The van der Waals surface area contributed by atoms with E-state index >= 15 is 0 Å². The number of amides is 1. The molecule has 32 heavy (non-hydrogen) atoms. The summed E-state index contributed by atoms with van der Waals surface area (Å²) in [5.74, 6) is 1.19. The van der Waals surface area contributed by atoms with E-state index in [9.17, 15) is 14.7 Å². The molecule has 1 aromatic carbocycles. The molecule has 4 rings (SSSR count). The molecule has 0 aliphatic heterocycles. The Hall–Kier alpha value is -3.09. The van der Waals surface area contributed by atoms with Gasteiger partial charge < -0.3 is 14.4 Å². The first-order valence-corrected chi connectivity index (χ1v) is 11.1. The number of carboxylic acid groups (broad SMARTS) is 1. The average Bonchev–Trinajstić information content (AvgIpc) is 3.52. The van der Waals surface area contributed by atoms with Gasteiger partial charge in [0, 0.05) is 30.2 Å². The Bertz CT molecular complexity index is 1240. The molecular weight excluding hydrogens is 406 g/mol. The summed E-state index contributed by atoms with van der Waals surface area (Å²) in [6.45, 7) is 7.85. The number of pyridine rings is 2. The van der Waals surface area contributed by atoms with Gasteiger partial charge in [-0.15, -0.1) is 0 Å². The van der Waals surface area contributed by atoms with E-state index in [0.717, 1.165) is 35.6 Å². The molecule has 2 heterocycles. The molecule has 2 aromatic heterocycles. The Morgan fingerprint density at radius 1 is 1.28 bits per heavy atom. The zero-order valence-corrected chi connectivity index (χ0v) is 19.4. The summed E-state index contributed by atoms with van der Waals surface area (Å²) >= 11 is 0. The molecule has 1 atom stereocenters. The van der Waals surface area contributed by atoms with Crippen molar-refractivity contribution >= 4 is 27.8 Å². The average molecular weight is 438 g/mol. The van der Waals surface area contributed by atoms with E-state index in [1.54, 1.807) is 17.8 Å². The normalized spacial score (nSPS) is 15.2. The highest BCUT2D eigenvalue weighted by molar-refractivity contribution is 6.06. The molecule has 0 spiro atoms. The molecular formula is C25H31N3O4. The summed E-state index contributed by atoms with van der Waals surface area (Å²) in [7, 11) is 1.75. The third-order valence-corrected chi connectivity index (χ3v) is 6.32. The zero-order chi connectivity index (χ0) is 23.2. The van der Waals surface area contributed by atoms with Gasteiger partial charge in [0.2, 0.25) is 0 Å². The lowest BCUT2D eigenvalue weighted by molar-refractivity contribution is 0.0459.